The molecule has 0 N–H and O–H groups in total. The Balaban J connectivity index is 2.46. The molecule has 0 fully saturated rings. The molecule has 1 aromatic carbocycles. The second-order valence-corrected chi connectivity index (χ2v) is 3.81. The summed E-state index contributed by atoms with van der Waals surface area (Å²) in [4.78, 5) is 2.07. The van der Waals surface area contributed by atoms with E-state index in [4.69, 9.17) is 10.00 Å². The number of rotatable bonds is 4. The first kappa shape index (κ1) is 13.1. The van der Waals surface area contributed by atoms with Crippen molar-refractivity contribution in [3.05, 3.63) is 29.8 Å². The van der Waals surface area contributed by atoms with Crippen LogP contribution < -0.4 is 4.74 Å². The average molecular weight is 228 g/mol. The third kappa shape index (κ3) is 5.61. The minimum absolute atomic E-state index is 0.265. The molecule has 0 radical (unpaired) electrons. The smallest absolute Gasteiger partial charge is 0.119 e. The molecule has 0 aliphatic rings. The van der Waals surface area contributed by atoms with E-state index in [1.54, 1.807) is 0 Å². The molecule has 1 aromatic rings. The van der Waals surface area contributed by atoms with Gasteiger partial charge < -0.3 is 9.64 Å². The third-order valence-electron chi connectivity index (χ3n) is 2.06. The molecule has 3 heteroatoms. The zero-order valence-corrected chi connectivity index (χ0v) is 10.2. The highest BCUT2D eigenvalue weighted by atomic mass is 16.5. The molecular formula is C14H16N2O. The predicted octanol–water partition coefficient (Wildman–Crippen LogP) is 1.89. The monoisotopic (exact) mass is 228 g/mol. The Morgan fingerprint density at radius 3 is 2.53 bits per heavy atom. The molecule has 0 bridgehead atoms. The van der Waals surface area contributed by atoms with Crippen molar-refractivity contribution in [2.45, 2.75) is 6.42 Å². The predicted molar refractivity (Wildman–Crippen MR) is 67.6 cm³/mol. The van der Waals surface area contributed by atoms with Gasteiger partial charge >= 0.3 is 0 Å². The van der Waals surface area contributed by atoms with Crippen molar-refractivity contribution in [3.8, 4) is 23.7 Å². The van der Waals surface area contributed by atoms with Crippen molar-refractivity contribution in [2.24, 2.45) is 0 Å². The van der Waals surface area contributed by atoms with Gasteiger partial charge in [0, 0.05) is 12.1 Å². The highest BCUT2D eigenvalue weighted by Crippen LogP contribution is 2.11. The number of hydrogen-bond acceptors (Lipinski definition) is 3. The highest BCUT2D eigenvalue weighted by molar-refractivity contribution is 5.38. The topological polar surface area (TPSA) is 36.3 Å². The molecule has 0 aliphatic carbocycles. The summed E-state index contributed by atoms with van der Waals surface area (Å²) in [5.41, 5.74) is 0.903. The summed E-state index contributed by atoms with van der Waals surface area (Å²) in [6.45, 7) is 1.57. The van der Waals surface area contributed by atoms with Crippen molar-refractivity contribution in [3.63, 3.8) is 0 Å². The van der Waals surface area contributed by atoms with Gasteiger partial charge in [-0.25, -0.2) is 0 Å². The van der Waals surface area contributed by atoms with E-state index in [9.17, 15) is 0 Å². The van der Waals surface area contributed by atoms with Gasteiger partial charge in [0.2, 0.25) is 0 Å². The van der Waals surface area contributed by atoms with Gasteiger partial charge in [-0.05, 0) is 38.4 Å². The molecule has 88 valence electrons. The summed E-state index contributed by atoms with van der Waals surface area (Å²) in [6.07, 6.45) is 0.265. The zero-order chi connectivity index (χ0) is 12.5. The van der Waals surface area contributed by atoms with Crippen LogP contribution in [0.4, 0.5) is 0 Å². The van der Waals surface area contributed by atoms with Crippen molar-refractivity contribution in [2.75, 3.05) is 27.2 Å². The van der Waals surface area contributed by atoms with Gasteiger partial charge in [-0.2, -0.15) is 5.26 Å². The van der Waals surface area contributed by atoms with E-state index in [1.165, 1.54) is 0 Å². The summed E-state index contributed by atoms with van der Waals surface area (Å²) in [5, 5.41) is 8.35. The Labute approximate surface area is 103 Å². The number of likely N-dealkylation sites (N-methyl/N-ethyl adjacent to an activating group) is 1. The summed E-state index contributed by atoms with van der Waals surface area (Å²) in [6, 6.07) is 9.57. The SMILES string of the molecule is CN(C)CCOc1ccc(C#CCC#N)cc1. The van der Waals surface area contributed by atoms with Gasteiger partial charge in [-0.1, -0.05) is 11.8 Å². The highest BCUT2D eigenvalue weighted by Gasteiger charge is 1.94. The van der Waals surface area contributed by atoms with E-state index in [-0.39, 0.29) is 6.42 Å². The van der Waals surface area contributed by atoms with Crippen LogP contribution in [-0.2, 0) is 0 Å². The van der Waals surface area contributed by atoms with Crippen LogP contribution in [-0.4, -0.2) is 32.1 Å². The standard InChI is InChI=1S/C14H16N2O/c1-16(2)11-12-17-14-8-6-13(7-9-14)5-3-4-10-15/h6-9H,4,11-12H2,1-2H3. The molecule has 0 amide bonds. The fourth-order valence-electron chi connectivity index (χ4n) is 1.17. The van der Waals surface area contributed by atoms with Crippen molar-refractivity contribution >= 4 is 0 Å². The number of nitriles is 1. The molecule has 0 unspecified atom stereocenters. The van der Waals surface area contributed by atoms with Crippen LogP contribution in [0.15, 0.2) is 24.3 Å². The summed E-state index contributed by atoms with van der Waals surface area (Å²) in [7, 11) is 4.02. The van der Waals surface area contributed by atoms with Crippen LogP contribution in [0.5, 0.6) is 5.75 Å². The Bertz CT molecular complexity index is 432. The van der Waals surface area contributed by atoms with Gasteiger partial charge in [-0.15, -0.1) is 0 Å². The largest absolute Gasteiger partial charge is 0.492 e. The van der Waals surface area contributed by atoms with Crippen molar-refractivity contribution in [1.29, 1.82) is 5.26 Å². The minimum Gasteiger partial charge on any atom is -0.492 e. The Morgan fingerprint density at radius 2 is 1.94 bits per heavy atom. The number of benzene rings is 1. The van der Waals surface area contributed by atoms with Gasteiger partial charge in [0.05, 0.1) is 12.5 Å². The summed E-state index contributed by atoms with van der Waals surface area (Å²) in [5.74, 6) is 6.53. The molecule has 0 spiro atoms. The van der Waals surface area contributed by atoms with Gasteiger partial charge in [0.15, 0.2) is 0 Å². The fraction of sp³-hybridized carbons (Fsp3) is 0.357. The Hall–Kier alpha value is -1.97. The molecule has 0 atom stereocenters. The Morgan fingerprint density at radius 1 is 1.24 bits per heavy atom. The number of ether oxygens (including phenoxy) is 1. The molecule has 0 aliphatic heterocycles. The summed E-state index contributed by atoms with van der Waals surface area (Å²) >= 11 is 0. The molecule has 3 nitrogen and oxygen atoms in total. The maximum absolute atomic E-state index is 8.35. The fourth-order valence-corrected chi connectivity index (χ4v) is 1.17. The lowest BCUT2D eigenvalue weighted by Crippen LogP contribution is -2.19. The molecule has 17 heavy (non-hydrogen) atoms. The summed E-state index contributed by atoms with van der Waals surface area (Å²) < 4.78 is 5.56. The van der Waals surface area contributed by atoms with Gasteiger partial charge in [0.1, 0.15) is 12.4 Å². The first-order valence-corrected chi connectivity index (χ1v) is 5.46. The zero-order valence-electron chi connectivity index (χ0n) is 10.2. The van der Waals surface area contributed by atoms with E-state index in [2.05, 4.69) is 16.7 Å². The van der Waals surface area contributed by atoms with Crippen LogP contribution in [0, 0.1) is 23.2 Å². The van der Waals surface area contributed by atoms with E-state index in [0.29, 0.717) is 6.61 Å². The average Bonchev–Trinajstić information content (AvgIpc) is 2.31. The molecule has 0 aromatic heterocycles. The van der Waals surface area contributed by atoms with Crippen molar-refractivity contribution in [1.82, 2.24) is 4.90 Å². The second kappa shape index (κ2) is 7.33. The molecular weight excluding hydrogens is 212 g/mol. The van der Waals surface area contributed by atoms with E-state index in [0.717, 1.165) is 17.9 Å². The van der Waals surface area contributed by atoms with E-state index in [1.807, 2.05) is 44.4 Å². The second-order valence-electron chi connectivity index (χ2n) is 3.81. The number of hydrogen-bond donors (Lipinski definition) is 0. The molecule has 0 saturated heterocycles. The van der Waals surface area contributed by atoms with E-state index < -0.39 is 0 Å². The quantitative estimate of drug-likeness (QED) is 0.738. The molecule has 0 saturated carbocycles. The van der Waals surface area contributed by atoms with Crippen LogP contribution in [0.3, 0.4) is 0 Å². The minimum atomic E-state index is 0.265. The molecule has 0 heterocycles. The van der Waals surface area contributed by atoms with Crippen LogP contribution >= 0.6 is 0 Å². The van der Waals surface area contributed by atoms with Crippen molar-refractivity contribution < 1.29 is 4.74 Å². The third-order valence-corrected chi connectivity index (χ3v) is 2.06. The lowest BCUT2D eigenvalue weighted by atomic mass is 10.2. The maximum Gasteiger partial charge on any atom is 0.119 e. The lowest BCUT2D eigenvalue weighted by Gasteiger charge is -2.10. The number of nitrogens with zero attached hydrogens (tertiary/aromatic N) is 2. The first-order valence-electron chi connectivity index (χ1n) is 5.46. The Kier molecular flexibility index (Phi) is 5.64. The maximum atomic E-state index is 8.35. The molecule has 1 rings (SSSR count). The van der Waals surface area contributed by atoms with Gasteiger partial charge in [-0.3, -0.25) is 0 Å². The van der Waals surface area contributed by atoms with Crippen LogP contribution in [0.25, 0.3) is 0 Å². The normalized spacial score (nSPS) is 9.29. The van der Waals surface area contributed by atoms with Crippen LogP contribution in [0.1, 0.15) is 12.0 Å². The lowest BCUT2D eigenvalue weighted by molar-refractivity contribution is 0.261. The van der Waals surface area contributed by atoms with Gasteiger partial charge in [0.25, 0.3) is 0 Å². The first-order chi connectivity index (χ1) is 8.22. The van der Waals surface area contributed by atoms with E-state index >= 15 is 0 Å². The van der Waals surface area contributed by atoms with Crippen LogP contribution in [0.2, 0.25) is 0 Å².